The number of carbonyl (C=O) groups excluding carboxylic acids is 3. The van der Waals surface area contributed by atoms with Gasteiger partial charge in [-0.3, -0.25) is 19.5 Å². The Bertz CT molecular complexity index is 864. The van der Waals surface area contributed by atoms with Crippen LogP contribution < -0.4 is 10.6 Å². The Labute approximate surface area is 169 Å². The van der Waals surface area contributed by atoms with Crippen molar-refractivity contribution in [2.45, 2.75) is 31.2 Å². The molecule has 3 N–H and O–H groups in total. The summed E-state index contributed by atoms with van der Waals surface area (Å²) in [6, 6.07) is 11.5. The molecular formula is C21H25N5O3. The fraction of sp³-hybridized carbons (Fsp3) is 0.429. The Morgan fingerprint density at radius 1 is 1.10 bits per heavy atom. The monoisotopic (exact) mass is 395 g/mol. The molecule has 2 aliphatic rings. The number of rotatable bonds is 6. The molecule has 2 atom stereocenters. The predicted octanol–water partition coefficient (Wildman–Crippen LogP) is 1.05. The minimum absolute atomic E-state index is 0.00979. The largest absolute Gasteiger partial charge is 0.351 e. The van der Waals surface area contributed by atoms with Gasteiger partial charge in [-0.1, -0.05) is 30.3 Å². The van der Waals surface area contributed by atoms with Gasteiger partial charge in [0.1, 0.15) is 5.69 Å². The molecule has 0 bridgehead atoms. The lowest BCUT2D eigenvalue weighted by Crippen LogP contribution is -2.52. The van der Waals surface area contributed by atoms with E-state index in [2.05, 4.69) is 20.8 Å². The first kappa shape index (κ1) is 19.2. The van der Waals surface area contributed by atoms with Gasteiger partial charge in [-0.05, 0) is 30.9 Å². The molecule has 1 aliphatic heterocycles. The Morgan fingerprint density at radius 3 is 2.59 bits per heavy atom. The summed E-state index contributed by atoms with van der Waals surface area (Å²) in [6.07, 6.45) is 4.02. The van der Waals surface area contributed by atoms with E-state index in [1.807, 2.05) is 30.3 Å². The highest BCUT2D eigenvalue weighted by molar-refractivity contribution is 5.92. The van der Waals surface area contributed by atoms with Crippen molar-refractivity contribution in [3.8, 4) is 0 Å². The van der Waals surface area contributed by atoms with Crippen LogP contribution in [0.3, 0.4) is 0 Å². The highest BCUT2D eigenvalue weighted by atomic mass is 16.2. The average Bonchev–Trinajstić information content (AvgIpc) is 3.46. The number of carbonyl (C=O) groups is 3. The standard InChI is InChI=1S/C21H25N5O3/c27-19(12-22-20(28)15-6-7-15)24-17-9-11-26(21(29)18-8-10-23-25-18)13-16(17)14-4-2-1-3-5-14/h1-5,8,10,15-17H,6-7,9,11-13H2,(H,22,28)(H,23,25)(H,24,27). The van der Waals surface area contributed by atoms with E-state index in [9.17, 15) is 14.4 Å². The van der Waals surface area contributed by atoms with Crippen molar-refractivity contribution < 1.29 is 14.4 Å². The second-order valence-electron chi connectivity index (χ2n) is 7.69. The zero-order valence-corrected chi connectivity index (χ0v) is 16.1. The fourth-order valence-electron chi connectivity index (χ4n) is 3.81. The van der Waals surface area contributed by atoms with Crippen molar-refractivity contribution in [1.82, 2.24) is 25.7 Å². The third-order valence-electron chi connectivity index (χ3n) is 5.58. The molecule has 3 amide bonds. The molecule has 29 heavy (non-hydrogen) atoms. The summed E-state index contributed by atoms with van der Waals surface area (Å²) in [7, 11) is 0. The average molecular weight is 395 g/mol. The maximum atomic E-state index is 12.7. The van der Waals surface area contributed by atoms with Crippen LogP contribution >= 0.6 is 0 Å². The number of aromatic nitrogens is 2. The molecule has 2 aromatic rings. The molecule has 1 aromatic heterocycles. The quantitative estimate of drug-likeness (QED) is 0.680. The predicted molar refractivity (Wildman–Crippen MR) is 106 cm³/mol. The smallest absolute Gasteiger partial charge is 0.271 e. The topological polar surface area (TPSA) is 107 Å². The van der Waals surface area contributed by atoms with Crippen LogP contribution in [0.1, 0.15) is 41.2 Å². The molecule has 1 saturated heterocycles. The first-order valence-electron chi connectivity index (χ1n) is 10.0. The van der Waals surface area contributed by atoms with Gasteiger partial charge in [0.15, 0.2) is 0 Å². The molecule has 2 unspecified atom stereocenters. The van der Waals surface area contributed by atoms with Gasteiger partial charge in [0.05, 0.1) is 6.54 Å². The lowest BCUT2D eigenvalue weighted by atomic mass is 9.85. The van der Waals surface area contributed by atoms with Crippen LogP contribution in [0.25, 0.3) is 0 Å². The third-order valence-corrected chi connectivity index (χ3v) is 5.58. The first-order valence-corrected chi connectivity index (χ1v) is 10.0. The first-order chi connectivity index (χ1) is 14.1. The van der Waals surface area contributed by atoms with Gasteiger partial charge >= 0.3 is 0 Å². The SMILES string of the molecule is O=C(CNC(=O)C1CC1)NC1CCN(C(=O)c2ccn[nH]2)CC1c1ccccc1. The molecule has 1 saturated carbocycles. The molecule has 0 spiro atoms. The molecule has 152 valence electrons. The van der Waals surface area contributed by atoms with Gasteiger partial charge in [0.2, 0.25) is 11.8 Å². The van der Waals surface area contributed by atoms with Crippen molar-refractivity contribution >= 4 is 17.7 Å². The summed E-state index contributed by atoms with van der Waals surface area (Å²) in [5.41, 5.74) is 1.53. The highest BCUT2D eigenvalue weighted by Gasteiger charge is 2.34. The minimum atomic E-state index is -0.196. The number of nitrogens with zero attached hydrogens (tertiary/aromatic N) is 2. The maximum absolute atomic E-state index is 12.7. The van der Waals surface area contributed by atoms with Crippen LogP contribution in [0, 0.1) is 5.92 Å². The zero-order chi connectivity index (χ0) is 20.2. The van der Waals surface area contributed by atoms with Crippen molar-refractivity contribution in [2.24, 2.45) is 5.92 Å². The van der Waals surface area contributed by atoms with E-state index < -0.39 is 0 Å². The number of likely N-dealkylation sites (tertiary alicyclic amines) is 1. The minimum Gasteiger partial charge on any atom is -0.351 e. The van der Waals surface area contributed by atoms with Crippen molar-refractivity contribution in [2.75, 3.05) is 19.6 Å². The molecule has 4 rings (SSSR count). The molecule has 2 heterocycles. The van der Waals surface area contributed by atoms with Crippen LogP contribution in [0.15, 0.2) is 42.6 Å². The molecular weight excluding hydrogens is 370 g/mol. The number of amides is 3. The molecule has 1 aromatic carbocycles. The van der Waals surface area contributed by atoms with Crippen molar-refractivity contribution in [3.63, 3.8) is 0 Å². The van der Waals surface area contributed by atoms with Gasteiger partial charge < -0.3 is 15.5 Å². The molecule has 8 nitrogen and oxygen atoms in total. The summed E-state index contributed by atoms with van der Waals surface area (Å²) < 4.78 is 0. The van der Waals surface area contributed by atoms with Gasteiger partial charge in [0.25, 0.3) is 5.91 Å². The number of nitrogens with one attached hydrogen (secondary N) is 3. The van der Waals surface area contributed by atoms with E-state index in [1.165, 1.54) is 0 Å². The van der Waals surface area contributed by atoms with Crippen molar-refractivity contribution in [3.05, 3.63) is 53.9 Å². The van der Waals surface area contributed by atoms with E-state index in [0.717, 1.165) is 18.4 Å². The Hall–Kier alpha value is -3.16. The number of hydrogen-bond acceptors (Lipinski definition) is 4. The summed E-state index contributed by atoms with van der Waals surface area (Å²) in [6.45, 7) is 1.03. The summed E-state index contributed by atoms with van der Waals surface area (Å²) in [4.78, 5) is 38.7. The highest BCUT2D eigenvalue weighted by Crippen LogP contribution is 2.29. The molecule has 2 fully saturated rings. The van der Waals surface area contributed by atoms with Gasteiger partial charge in [-0.2, -0.15) is 5.10 Å². The van der Waals surface area contributed by atoms with E-state index in [-0.39, 0.29) is 42.1 Å². The summed E-state index contributed by atoms with van der Waals surface area (Å²) >= 11 is 0. The van der Waals surface area contributed by atoms with E-state index >= 15 is 0 Å². The number of H-pyrrole nitrogens is 1. The number of benzene rings is 1. The number of hydrogen-bond donors (Lipinski definition) is 3. The molecule has 8 heteroatoms. The van der Waals surface area contributed by atoms with Crippen LogP contribution in [0.2, 0.25) is 0 Å². The summed E-state index contributed by atoms with van der Waals surface area (Å²) in [5, 5.41) is 12.4. The zero-order valence-electron chi connectivity index (χ0n) is 16.1. The van der Waals surface area contributed by atoms with Gasteiger partial charge in [-0.25, -0.2) is 0 Å². The van der Waals surface area contributed by atoms with E-state index in [1.54, 1.807) is 17.2 Å². The normalized spacial score (nSPS) is 21.4. The Morgan fingerprint density at radius 2 is 1.90 bits per heavy atom. The molecule has 0 radical (unpaired) electrons. The number of piperidine rings is 1. The second-order valence-corrected chi connectivity index (χ2v) is 7.69. The van der Waals surface area contributed by atoms with Gasteiger partial charge in [-0.15, -0.1) is 0 Å². The Balaban J connectivity index is 1.42. The number of aromatic amines is 1. The molecule has 1 aliphatic carbocycles. The van der Waals surface area contributed by atoms with E-state index in [4.69, 9.17) is 0 Å². The Kier molecular flexibility index (Phi) is 5.59. The van der Waals surface area contributed by atoms with Crippen LogP contribution in [-0.4, -0.2) is 58.5 Å². The van der Waals surface area contributed by atoms with Crippen molar-refractivity contribution in [1.29, 1.82) is 0 Å². The van der Waals surface area contributed by atoms with Crippen LogP contribution in [0.4, 0.5) is 0 Å². The summed E-state index contributed by atoms with van der Waals surface area (Å²) in [5.74, 6) is -0.278. The van der Waals surface area contributed by atoms with Gasteiger partial charge in [0, 0.05) is 37.2 Å². The third kappa shape index (κ3) is 4.64. The van der Waals surface area contributed by atoms with Crippen LogP contribution in [-0.2, 0) is 9.59 Å². The lowest BCUT2D eigenvalue weighted by Gasteiger charge is -2.39. The second kappa shape index (κ2) is 8.46. The lowest BCUT2D eigenvalue weighted by molar-refractivity contribution is -0.127. The maximum Gasteiger partial charge on any atom is 0.271 e. The van der Waals surface area contributed by atoms with E-state index in [0.29, 0.717) is 25.2 Å². The fourth-order valence-corrected chi connectivity index (χ4v) is 3.81. The van der Waals surface area contributed by atoms with Crippen LogP contribution in [0.5, 0.6) is 0 Å².